The summed E-state index contributed by atoms with van der Waals surface area (Å²) in [6.07, 6.45) is 0. The molecular weight excluding hydrogens is 362 g/mol. The number of nitrogens with one attached hydrogen (secondary N) is 1. The van der Waals surface area contributed by atoms with Gasteiger partial charge in [-0.15, -0.1) is 11.3 Å². The number of thiazole rings is 1. The molecule has 1 N–H and O–H groups in total. The minimum absolute atomic E-state index is 0.321. The normalized spacial score (nSPS) is 14.2. The highest BCUT2D eigenvalue weighted by atomic mass is 32.1. The molecule has 27 heavy (non-hydrogen) atoms. The van der Waals surface area contributed by atoms with Crippen molar-refractivity contribution in [3.05, 3.63) is 71.1 Å². The third kappa shape index (κ3) is 3.02. The van der Waals surface area contributed by atoms with Crippen LogP contribution in [0.2, 0.25) is 0 Å². The summed E-state index contributed by atoms with van der Waals surface area (Å²) in [5.74, 6) is -0.982. The number of hydrogen-bond acceptors (Lipinski definition) is 5. The quantitative estimate of drug-likeness (QED) is 0.707. The van der Waals surface area contributed by atoms with Crippen LogP contribution in [0.5, 0.6) is 0 Å². The number of hydrogen-bond donors (Lipinski definition) is 1. The summed E-state index contributed by atoms with van der Waals surface area (Å²) >= 11 is 1.41. The van der Waals surface area contributed by atoms with Crippen LogP contribution in [0.1, 0.15) is 27.6 Å². The number of imide groups is 1. The van der Waals surface area contributed by atoms with E-state index in [0.717, 1.165) is 15.5 Å². The van der Waals surface area contributed by atoms with Crippen LogP contribution < -0.4 is 5.32 Å². The molecule has 0 radical (unpaired) electrons. The van der Waals surface area contributed by atoms with E-state index < -0.39 is 23.8 Å². The Morgan fingerprint density at radius 2 is 1.59 bits per heavy atom. The molecule has 1 aliphatic rings. The van der Waals surface area contributed by atoms with Gasteiger partial charge in [0.2, 0.25) is 5.91 Å². The predicted molar refractivity (Wildman–Crippen MR) is 103 cm³/mol. The summed E-state index contributed by atoms with van der Waals surface area (Å²) in [5, 5.41) is 5.20. The number of nitrogens with zero attached hydrogens (tertiary/aromatic N) is 2. The molecule has 4 rings (SSSR count). The van der Waals surface area contributed by atoms with Gasteiger partial charge in [0.1, 0.15) is 16.9 Å². The summed E-state index contributed by atoms with van der Waals surface area (Å²) in [5.41, 5.74) is 1.60. The zero-order valence-corrected chi connectivity index (χ0v) is 15.2. The van der Waals surface area contributed by atoms with E-state index in [1.807, 2.05) is 30.3 Å². The van der Waals surface area contributed by atoms with E-state index in [2.05, 4.69) is 10.3 Å². The van der Waals surface area contributed by atoms with Crippen LogP contribution in [0, 0.1) is 0 Å². The minimum Gasteiger partial charge on any atom is -0.308 e. The number of carbonyl (C=O) groups is 3. The van der Waals surface area contributed by atoms with Crippen LogP contribution >= 0.6 is 11.3 Å². The summed E-state index contributed by atoms with van der Waals surface area (Å²) in [6, 6.07) is 15.2. The van der Waals surface area contributed by atoms with Crippen molar-refractivity contribution in [2.75, 3.05) is 5.32 Å². The smallest absolute Gasteiger partial charge is 0.262 e. The molecule has 3 amide bonds. The van der Waals surface area contributed by atoms with Crippen molar-refractivity contribution in [1.29, 1.82) is 0 Å². The number of benzene rings is 2. The summed E-state index contributed by atoms with van der Waals surface area (Å²) in [7, 11) is 0. The molecule has 0 bridgehead atoms. The SMILES string of the molecule is CC(C(=O)Nc1csc(-c2ccccc2)n1)N1C(=O)c2ccccc2C1=O. The second kappa shape index (κ2) is 6.77. The Kier molecular flexibility index (Phi) is 4.29. The average Bonchev–Trinajstić information content (AvgIpc) is 3.26. The lowest BCUT2D eigenvalue weighted by Gasteiger charge is -2.21. The van der Waals surface area contributed by atoms with Crippen molar-refractivity contribution in [3.8, 4) is 10.6 Å². The predicted octanol–water partition coefficient (Wildman–Crippen LogP) is 3.43. The van der Waals surface area contributed by atoms with Crippen molar-refractivity contribution in [3.63, 3.8) is 0 Å². The van der Waals surface area contributed by atoms with Gasteiger partial charge in [0, 0.05) is 10.9 Å². The van der Waals surface area contributed by atoms with E-state index >= 15 is 0 Å². The molecule has 0 aliphatic carbocycles. The Balaban J connectivity index is 1.50. The van der Waals surface area contributed by atoms with E-state index in [9.17, 15) is 14.4 Å². The van der Waals surface area contributed by atoms with Crippen molar-refractivity contribution >= 4 is 34.9 Å². The Morgan fingerprint density at radius 3 is 2.22 bits per heavy atom. The van der Waals surface area contributed by atoms with Gasteiger partial charge in [-0.05, 0) is 19.1 Å². The fraction of sp³-hybridized carbons (Fsp3) is 0.100. The van der Waals surface area contributed by atoms with Gasteiger partial charge in [0.25, 0.3) is 11.8 Å². The topological polar surface area (TPSA) is 79.4 Å². The van der Waals surface area contributed by atoms with Gasteiger partial charge >= 0.3 is 0 Å². The Morgan fingerprint density at radius 1 is 1.00 bits per heavy atom. The second-order valence-corrected chi connectivity index (χ2v) is 6.95. The zero-order chi connectivity index (χ0) is 19.0. The van der Waals surface area contributed by atoms with Gasteiger partial charge < -0.3 is 5.32 Å². The van der Waals surface area contributed by atoms with Crippen molar-refractivity contribution in [1.82, 2.24) is 9.88 Å². The van der Waals surface area contributed by atoms with E-state index in [4.69, 9.17) is 0 Å². The van der Waals surface area contributed by atoms with Crippen LogP contribution in [0.25, 0.3) is 10.6 Å². The molecule has 0 spiro atoms. The van der Waals surface area contributed by atoms with Gasteiger partial charge in [-0.1, -0.05) is 42.5 Å². The summed E-state index contributed by atoms with van der Waals surface area (Å²) in [6.45, 7) is 1.53. The van der Waals surface area contributed by atoms with Crippen molar-refractivity contribution in [2.24, 2.45) is 0 Å². The lowest BCUT2D eigenvalue weighted by Crippen LogP contribution is -2.45. The second-order valence-electron chi connectivity index (χ2n) is 6.10. The molecule has 0 saturated heterocycles. The molecule has 0 saturated carbocycles. The van der Waals surface area contributed by atoms with Crippen LogP contribution in [0.4, 0.5) is 5.82 Å². The molecule has 1 aliphatic heterocycles. The van der Waals surface area contributed by atoms with E-state index in [-0.39, 0.29) is 0 Å². The Labute approximate surface area is 159 Å². The molecule has 0 fully saturated rings. The summed E-state index contributed by atoms with van der Waals surface area (Å²) in [4.78, 5) is 43.0. The zero-order valence-electron chi connectivity index (χ0n) is 14.4. The first-order valence-electron chi connectivity index (χ1n) is 8.35. The highest BCUT2D eigenvalue weighted by molar-refractivity contribution is 7.13. The molecule has 134 valence electrons. The first-order chi connectivity index (χ1) is 13.1. The van der Waals surface area contributed by atoms with E-state index in [1.54, 1.807) is 29.6 Å². The number of amides is 3. The first kappa shape index (κ1) is 17.1. The maximum Gasteiger partial charge on any atom is 0.262 e. The fourth-order valence-electron chi connectivity index (χ4n) is 2.95. The molecule has 2 aromatic carbocycles. The maximum absolute atomic E-state index is 12.6. The minimum atomic E-state index is -0.945. The first-order valence-corrected chi connectivity index (χ1v) is 9.23. The summed E-state index contributed by atoms with van der Waals surface area (Å²) < 4.78 is 0. The fourth-order valence-corrected chi connectivity index (χ4v) is 3.71. The third-order valence-electron chi connectivity index (χ3n) is 4.37. The number of aromatic nitrogens is 1. The van der Waals surface area contributed by atoms with Crippen LogP contribution in [0.15, 0.2) is 60.0 Å². The molecular formula is C20H15N3O3S. The molecule has 7 heteroatoms. The molecule has 3 aromatic rings. The lowest BCUT2D eigenvalue weighted by molar-refractivity contribution is -0.119. The standard InChI is InChI=1S/C20H15N3O3S/c1-12(23-19(25)14-9-5-6-10-15(14)20(23)26)17(24)21-16-11-27-18(22-16)13-7-3-2-4-8-13/h2-12H,1H3,(H,21,24). The number of carbonyl (C=O) groups excluding carboxylic acids is 3. The van der Waals surface area contributed by atoms with Crippen LogP contribution in [0.3, 0.4) is 0 Å². The largest absolute Gasteiger partial charge is 0.308 e. The number of rotatable bonds is 4. The van der Waals surface area contributed by atoms with E-state index in [1.165, 1.54) is 18.3 Å². The molecule has 1 unspecified atom stereocenters. The average molecular weight is 377 g/mol. The molecule has 6 nitrogen and oxygen atoms in total. The van der Waals surface area contributed by atoms with Gasteiger partial charge in [0.05, 0.1) is 11.1 Å². The Bertz CT molecular complexity index is 1010. The highest BCUT2D eigenvalue weighted by Gasteiger charge is 2.40. The van der Waals surface area contributed by atoms with Gasteiger partial charge in [0.15, 0.2) is 0 Å². The molecule has 2 heterocycles. The third-order valence-corrected chi connectivity index (χ3v) is 5.26. The lowest BCUT2D eigenvalue weighted by atomic mass is 10.1. The molecule has 1 atom stereocenters. The molecule has 1 aromatic heterocycles. The number of fused-ring (bicyclic) bond motifs is 1. The highest BCUT2D eigenvalue weighted by Crippen LogP contribution is 2.27. The van der Waals surface area contributed by atoms with Crippen molar-refractivity contribution in [2.45, 2.75) is 13.0 Å². The van der Waals surface area contributed by atoms with Crippen molar-refractivity contribution < 1.29 is 14.4 Å². The van der Waals surface area contributed by atoms with E-state index in [0.29, 0.717) is 16.9 Å². The van der Waals surface area contributed by atoms with Gasteiger partial charge in [-0.25, -0.2) is 4.98 Å². The van der Waals surface area contributed by atoms with Gasteiger partial charge in [-0.2, -0.15) is 0 Å². The van der Waals surface area contributed by atoms with Crippen LogP contribution in [-0.2, 0) is 4.79 Å². The van der Waals surface area contributed by atoms with Crippen LogP contribution in [-0.4, -0.2) is 33.6 Å². The number of anilines is 1. The monoisotopic (exact) mass is 377 g/mol. The van der Waals surface area contributed by atoms with Gasteiger partial charge in [-0.3, -0.25) is 19.3 Å². The Hall–Kier alpha value is -3.32. The maximum atomic E-state index is 12.6.